The smallest absolute Gasteiger partial charge is 0.247 e. The number of nitrogens with zero attached hydrogens (tertiary/aromatic N) is 3. The van der Waals surface area contributed by atoms with Gasteiger partial charge in [0.1, 0.15) is 29.8 Å². The number of nitrogens with one attached hydrogen (secondary N) is 2. The van der Waals surface area contributed by atoms with Crippen molar-refractivity contribution in [2.75, 3.05) is 24.3 Å². The number of rotatable bonds is 6. The maximum absolute atomic E-state index is 13.5. The molecular weight excluding hydrogens is 449 g/mol. The average molecular weight is 470 g/mol. The van der Waals surface area contributed by atoms with Gasteiger partial charge in [-0.25, -0.2) is 14.4 Å². The Bertz CT molecular complexity index is 1250. The summed E-state index contributed by atoms with van der Waals surface area (Å²) in [6.07, 6.45) is 3.88. The van der Waals surface area contributed by atoms with Gasteiger partial charge in [0.15, 0.2) is 0 Å². The molecule has 0 radical (unpaired) electrons. The van der Waals surface area contributed by atoms with Crippen molar-refractivity contribution in [2.24, 2.45) is 0 Å². The van der Waals surface area contributed by atoms with Gasteiger partial charge in [-0.1, -0.05) is 18.2 Å². The van der Waals surface area contributed by atoms with Gasteiger partial charge in [0.05, 0.1) is 23.3 Å². The molecule has 1 aromatic heterocycles. The van der Waals surface area contributed by atoms with E-state index in [-0.39, 0.29) is 16.8 Å². The zero-order chi connectivity index (χ0) is 23.5. The van der Waals surface area contributed by atoms with Crippen molar-refractivity contribution in [2.45, 2.75) is 18.9 Å². The quantitative estimate of drug-likeness (QED) is 0.523. The second kappa shape index (κ2) is 9.41. The van der Waals surface area contributed by atoms with E-state index in [1.54, 1.807) is 12.1 Å². The van der Waals surface area contributed by atoms with Crippen LogP contribution in [0.1, 0.15) is 12.8 Å². The fraction of sp³-hybridized carbons (Fsp3) is 0.217. The van der Waals surface area contributed by atoms with Crippen molar-refractivity contribution in [3.8, 4) is 5.75 Å². The molecule has 1 fully saturated rings. The number of benzene rings is 2. The van der Waals surface area contributed by atoms with E-state index in [1.165, 1.54) is 42.6 Å². The maximum atomic E-state index is 13.5. The van der Waals surface area contributed by atoms with Crippen LogP contribution in [-0.4, -0.2) is 46.4 Å². The first-order valence-electron chi connectivity index (χ1n) is 10.2. The number of ether oxygens (including phenoxy) is 1. The van der Waals surface area contributed by atoms with Crippen LogP contribution >= 0.6 is 11.6 Å². The minimum atomic E-state index is -0.595. The Morgan fingerprint density at radius 1 is 1.30 bits per heavy atom. The van der Waals surface area contributed by atoms with E-state index in [0.717, 1.165) is 6.42 Å². The van der Waals surface area contributed by atoms with E-state index in [9.17, 15) is 14.0 Å². The lowest BCUT2D eigenvalue weighted by Crippen LogP contribution is -2.42. The number of carbonyl (C=O) groups is 2. The van der Waals surface area contributed by atoms with E-state index < -0.39 is 11.9 Å². The summed E-state index contributed by atoms with van der Waals surface area (Å²) in [7, 11) is 1.49. The van der Waals surface area contributed by atoms with E-state index in [1.807, 2.05) is 0 Å². The molecule has 1 saturated heterocycles. The van der Waals surface area contributed by atoms with Gasteiger partial charge in [0.2, 0.25) is 11.8 Å². The molecule has 0 bridgehead atoms. The van der Waals surface area contributed by atoms with E-state index in [2.05, 4.69) is 27.2 Å². The molecule has 2 heterocycles. The summed E-state index contributed by atoms with van der Waals surface area (Å²) >= 11 is 5.88. The van der Waals surface area contributed by atoms with Gasteiger partial charge < -0.3 is 20.3 Å². The normalized spacial score (nSPS) is 15.4. The number of carbonyl (C=O) groups excluding carboxylic acids is 2. The number of amides is 2. The van der Waals surface area contributed by atoms with Gasteiger partial charge in [-0.2, -0.15) is 0 Å². The van der Waals surface area contributed by atoms with E-state index in [4.69, 9.17) is 16.3 Å². The molecular formula is C23H21ClFN5O3. The van der Waals surface area contributed by atoms with Crippen LogP contribution in [0.2, 0.25) is 5.02 Å². The number of halogens is 2. The summed E-state index contributed by atoms with van der Waals surface area (Å²) < 4.78 is 19.0. The first kappa shape index (κ1) is 22.5. The Balaban J connectivity index is 1.67. The van der Waals surface area contributed by atoms with Crippen LogP contribution in [0.3, 0.4) is 0 Å². The van der Waals surface area contributed by atoms with Crippen molar-refractivity contribution in [1.29, 1.82) is 0 Å². The molecule has 0 aliphatic carbocycles. The Morgan fingerprint density at radius 3 is 2.85 bits per heavy atom. The van der Waals surface area contributed by atoms with Crippen molar-refractivity contribution in [3.05, 3.63) is 60.2 Å². The zero-order valence-electron chi connectivity index (χ0n) is 17.8. The predicted molar refractivity (Wildman–Crippen MR) is 124 cm³/mol. The summed E-state index contributed by atoms with van der Waals surface area (Å²) in [5.74, 6) is -0.288. The molecule has 8 nitrogen and oxygen atoms in total. The summed E-state index contributed by atoms with van der Waals surface area (Å²) in [5, 5.41) is 6.54. The Morgan fingerprint density at radius 2 is 2.12 bits per heavy atom. The zero-order valence-corrected chi connectivity index (χ0v) is 18.5. The van der Waals surface area contributed by atoms with Gasteiger partial charge >= 0.3 is 0 Å². The molecule has 1 atom stereocenters. The SMILES string of the molecule is C=CC(=O)N1CCC[C@H]1C(=O)Nc1cc2c(Nc3ccc(F)c(Cl)c3)ncnc2cc1OC. The molecule has 0 saturated carbocycles. The van der Waals surface area contributed by atoms with E-state index >= 15 is 0 Å². The molecule has 1 aliphatic heterocycles. The highest BCUT2D eigenvalue weighted by atomic mass is 35.5. The third-order valence-electron chi connectivity index (χ3n) is 5.41. The number of aromatic nitrogens is 2. The molecule has 2 N–H and O–H groups in total. The number of hydrogen-bond donors (Lipinski definition) is 2. The lowest BCUT2D eigenvalue weighted by atomic mass is 10.1. The van der Waals surface area contributed by atoms with Crippen molar-refractivity contribution in [3.63, 3.8) is 0 Å². The van der Waals surface area contributed by atoms with Gasteiger partial charge in [0, 0.05) is 23.7 Å². The molecule has 4 rings (SSSR count). The number of methoxy groups -OCH3 is 1. The van der Waals surface area contributed by atoms with Gasteiger partial charge in [-0.3, -0.25) is 9.59 Å². The average Bonchev–Trinajstić information content (AvgIpc) is 3.31. The van der Waals surface area contributed by atoms with Crippen LogP contribution in [0.4, 0.5) is 21.6 Å². The minimum absolute atomic E-state index is 0.0248. The highest BCUT2D eigenvalue weighted by Gasteiger charge is 2.33. The molecule has 0 unspecified atom stereocenters. The first-order chi connectivity index (χ1) is 15.9. The lowest BCUT2D eigenvalue weighted by molar-refractivity contribution is -0.132. The summed E-state index contributed by atoms with van der Waals surface area (Å²) in [6, 6.07) is 7.00. The van der Waals surface area contributed by atoms with Crippen LogP contribution in [-0.2, 0) is 9.59 Å². The van der Waals surface area contributed by atoms with Crippen molar-refractivity contribution in [1.82, 2.24) is 14.9 Å². The van der Waals surface area contributed by atoms with Crippen LogP contribution in [0.5, 0.6) is 5.75 Å². The molecule has 2 aromatic carbocycles. The second-order valence-electron chi connectivity index (χ2n) is 7.43. The Labute approximate surface area is 194 Å². The van der Waals surface area contributed by atoms with Crippen LogP contribution in [0.15, 0.2) is 49.3 Å². The molecule has 10 heteroatoms. The minimum Gasteiger partial charge on any atom is -0.494 e. The number of likely N-dealkylation sites (tertiary alicyclic amines) is 1. The van der Waals surface area contributed by atoms with Crippen LogP contribution in [0.25, 0.3) is 10.9 Å². The Hall–Kier alpha value is -3.72. The first-order valence-corrected chi connectivity index (χ1v) is 10.6. The molecule has 33 heavy (non-hydrogen) atoms. The predicted octanol–water partition coefficient (Wildman–Crippen LogP) is 4.29. The summed E-state index contributed by atoms with van der Waals surface area (Å²) in [6.45, 7) is 4.01. The fourth-order valence-electron chi connectivity index (χ4n) is 3.80. The topological polar surface area (TPSA) is 96.5 Å². The van der Waals surface area contributed by atoms with Gasteiger partial charge in [-0.15, -0.1) is 0 Å². The van der Waals surface area contributed by atoms with Gasteiger partial charge in [-0.05, 0) is 43.2 Å². The molecule has 2 amide bonds. The molecule has 3 aromatic rings. The largest absolute Gasteiger partial charge is 0.494 e. The van der Waals surface area contributed by atoms with E-state index in [0.29, 0.717) is 46.8 Å². The molecule has 0 spiro atoms. The molecule has 170 valence electrons. The highest BCUT2D eigenvalue weighted by molar-refractivity contribution is 6.31. The van der Waals surface area contributed by atoms with Gasteiger partial charge in [0.25, 0.3) is 0 Å². The maximum Gasteiger partial charge on any atom is 0.247 e. The third-order valence-corrected chi connectivity index (χ3v) is 5.70. The summed E-state index contributed by atoms with van der Waals surface area (Å²) in [5.41, 5.74) is 1.51. The van der Waals surface area contributed by atoms with Crippen LogP contribution < -0.4 is 15.4 Å². The fourth-order valence-corrected chi connectivity index (χ4v) is 3.98. The number of fused-ring (bicyclic) bond motifs is 1. The van der Waals surface area contributed by atoms with Crippen LogP contribution in [0, 0.1) is 5.82 Å². The van der Waals surface area contributed by atoms with Crippen molar-refractivity contribution < 1.29 is 18.7 Å². The lowest BCUT2D eigenvalue weighted by Gasteiger charge is -2.23. The van der Waals surface area contributed by atoms with Crippen molar-refractivity contribution >= 4 is 51.5 Å². The number of hydrogen-bond acceptors (Lipinski definition) is 6. The second-order valence-corrected chi connectivity index (χ2v) is 7.84. The highest BCUT2D eigenvalue weighted by Crippen LogP contribution is 2.34. The third kappa shape index (κ3) is 4.58. The number of anilines is 3. The Kier molecular flexibility index (Phi) is 6.41. The monoisotopic (exact) mass is 469 g/mol. The summed E-state index contributed by atoms with van der Waals surface area (Å²) in [4.78, 5) is 35.1. The standard InChI is InChI=1S/C23H21ClFN5O3/c1-3-21(31)30-8-4-5-19(30)23(32)29-18-10-14-17(11-20(18)33-2)26-12-27-22(14)28-13-6-7-16(25)15(24)9-13/h3,6-7,9-12,19H,1,4-5,8H2,2H3,(H,29,32)(H,26,27,28)/t19-/m0/s1. The molecule has 1 aliphatic rings.